The standard InChI is InChI=1S/C14H8N2/c1-3-9-4-2-6-11-13-8-16-15-7-12(13)10(5-1)14(9)11/h1-8H. The molecule has 1 aliphatic rings. The van der Waals surface area contributed by atoms with Crippen LogP contribution in [0.4, 0.5) is 0 Å². The fraction of sp³-hybridized carbons (Fsp3) is 0. The van der Waals surface area contributed by atoms with E-state index in [1.165, 1.54) is 33.0 Å². The molecule has 0 saturated carbocycles. The second kappa shape index (κ2) is 2.67. The van der Waals surface area contributed by atoms with E-state index in [-0.39, 0.29) is 0 Å². The average molecular weight is 204 g/mol. The van der Waals surface area contributed by atoms with Gasteiger partial charge in [0.15, 0.2) is 0 Å². The first kappa shape index (κ1) is 7.99. The Balaban J connectivity index is 2.31. The van der Waals surface area contributed by atoms with Gasteiger partial charge < -0.3 is 0 Å². The molecule has 0 spiro atoms. The lowest BCUT2D eigenvalue weighted by Crippen LogP contribution is -1.82. The van der Waals surface area contributed by atoms with Crippen LogP contribution in [-0.2, 0) is 0 Å². The number of hydrogen-bond acceptors (Lipinski definition) is 2. The highest BCUT2D eigenvalue weighted by molar-refractivity contribution is 6.14. The molecule has 74 valence electrons. The summed E-state index contributed by atoms with van der Waals surface area (Å²) < 4.78 is 0. The van der Waals surface area contributed by atoms with Crippen LogP contribution in [0, 0.1) is 0 Å². The first-order valence-electron chi connectivity index (χ1n) is 5.28. The minimum Gasteiger partial charge on any atom is -0.158 e. The number of rotatable bonds is 0. The Labute approximate surface area is 92.6 Å². The first-order valence-corrected chi connectivity index (χ1v) is 5.28. The van der Waals surface area contributed by atoms with E-state index < -0.39 is 0 Å². The van der Waals surface area contributed by atoms with Crippen molar-refractivity contribution in [1.82, 2.24) is 10.2 Å². The molecule has 0 saturated heterocycles. The van der Waals surface area contributed by atoms with Gasteiger partial charge in [0.1, 0.15) is 0 Å². The van der Waals surface area contributed by atoms with Gasteiger partial charge >= 0.3 is 0 Å². The molecule has 2 heteroatoms. The number of hydrogen-bond donors (Lipinski definition) is 0. The maximum absolute atomic E-state index is 3.98. The van der Waals surface area contributed by atoms with Crippen LogP contribution in [0.25, 0.3) is 33.0 Å². The Morgan fingerprint density at radius 3 is 1.75 bits per heavy atom. The summed E-state index contributed by atoms with van der Waals surface area (Å²) in [6.07, 6.45) is 3.70. The van der Waals surface area contributed by atoms with Crippen molar-refractivity contribution in [2.75, 3.05) is 0 Å². The van der Waals surface area contributed by atoms with Gasteiger partial charge in [-0.2, -0.15) is 10.2 Å². The molecule has 0 fully saturated rings. The molecule has 0 N–H and O–H groups in total. The molecule has 1 heterocycles. The predicted octanol–water partition coefficient (Wildman–Crippen LogP) is 3.28. The Kier molecular flexibility index (Phi) is 1.33. The Morgan fingerprint density at radius 1 is 0.625 bits per heavy atom. The summed E-state index contributed by atoms with van der Waals surface area (Å²) >= 11 is 0. The molecule has 0 atom stereocenters. The van der Waals surface area contributed by atoms with Crippen molar-refractivity contribution in [3.63, 3.8) is 0 Å². The molecule has 4 rings (SSSR count). The summed E-state index contributed by atoms with van der Waals surface area (Å²) in [4.78, 5) is 0. The van der Waals surface area contributed by atoms with Crippen LogP contribution in [-0.4, -0.2) is 10.2 Å². The minimum atomic E-state index is 1.20. The number of nitrogens with zero attached hydrogens (tertiary/aromatic N) is 2. The zero-order valence-corrected chi connectivity index (χ0v) is 8.51. The minimum absolute atomic E-state index is 1.20. The molecule has 2 nitrogen and oxygen atoms in total. The topological polar surface area (TPSA) is 25.8 Å². The van der Waals surface area contributed by atoms with Gasteiger partial charge in [0.2, 0.25) is 0 Å². The van der Waals surface area contributed by atoms with Gasteiger partial charge in [0.05, 0.1) is 12.4 Å². The molecule has 16 heavy (non-hydrogen) atoms. The monoisotopic (exact) mass is 204 g/mol. The van der Waals surface area contributed by atoms with Crippen LogP contribution in [0.3, 0.4) is 0 Å². The molecule has 1 aliphatic carbocycles. The summed E-state index contributed by atoms with van der Waals surface area (Å²) in [5, 5.41) is 10.6. The highest BCUT2D eigenvalue weighted by Crippen LogP contribution is 2.45. The molecule has 0 amide bonds. The molecule has 3 aromatic rings. The van der Waals surface area contributed by atoms with Crippen molar-refractivity contribution < 1.29 is 0 Å². The lowest BCUT2D eigenvalue weighted by atomic mass is 10.0. The zero-order valence-electron chi connectivity index (χ0n) is 8.51. The maximum atomic E-state index is 3.98. The number of benzene rings is 2. The van der Waals surface area contributed by atoms with Gasteiger partial charge in [-0.25, -0.2) is 0 Å². The van der Waals surface area contributed by atoms with E-state index in [0.717, 1.165) is 0 Å². The van der Waals surface area contributed by atoms with Crippen LogP contribution < -0.4 is 0 Å². The van der Waals surface area contributed by atoms with Crippen molar-refractivity contribution in [1.29, 1.82) is 0 Å². The van der Waals surface area contributed by atoms with Gasteiger partial charge in [-0.1, -0.05) is 36.4 Å². The summed E-state index contributed by atoms with van der Waals surface area (Å²) in [5.41, 5.74) is 4.94. The van der Waals surface area contributed by atoms with Gasteiger partial charge in [-0.15, -0.1) is 0 Å². The quantitative estimate of drug-likeness (QED) is 0.439. The Bertz CT molecular complexity index is 659. The van der Waals surface area contributed by atoms with E-state index in [9.17, 15) is 0 Å². The second-order valence-electron chi connectivity index (χ2n) is 4.03. The molecule has 1 aromatic heterocycles. The predicted molar refractivity (Wildman–Crippen MR) is 64.0 cm³/mol. The van der Waals surface area contributed by atoms with Gasteiger partial charge in [-0.3, -0.25) is 0 Å². The highest BCUT2D eigenvalue weighted by atomic mass is 15.1. The first-order chi connectivity index (χ1) is 7.95. The zero-order chi connectivity index (χ0) is 10.5. The molecule has 0 radical (unpaired) electrons. The van der Waals surface area contributed by atoms with E-state index in [2.05, 4.69) is 46.6 Å². The molecular weight excluding hydrogens is 196 g/mol. The fourth-order valence-corrected chi connectivity index (χ4v) is 2.54. The fourth-order valence-electron chi connectivity index (χ4n) is 2.54. The van der Waals surface area contributed by atoms with E-state index in [4.69, 9.17) is 0 Å². The smallest absolute Gasteiger partial charge is 0.0581 e. The van der Waals surface area contributed by atoms with Gasteiger partial charge in [0.25, 0.3) is 0 Å². The molecular formula is C14H8N2. The lowest BCUT2D eigenvalue weighted by Gasteiger charge is -2.00. The van der Waals surface area contributed by atoms with E-state index >= 15 is 0 Å². The maximum Gasteiger partial charge on any atom is 0.0581 e. The van der Waals surface area contributed by atoms with E-state index in [1.807, 2.05) is 12.4 Å². The van der Waals surface area contributed by atoms with Crippen LogP contribution in [0.1, 0.15) is 0 Å². The summed E-state index contributed by atoms with van der Waals surface area (Å²) in [5.74, 6) is 0. The SMILES string of the molecule is c1cc2c3c(cccc3c1)-c1cnncc1-2. The summed E-state index contributed by atoms with van der Waals surface area (Å²) in [6.45, 7) is 0. The lowest BCUT2D eigenvalue weighted by molar-refractivity contribution is 1.04. The largest absolute Gasteiger partial charge is 0.158 e. The normalized spacial score (nSPS) is 11.8. The molecule has 2 aromatic carbocycles. The molecule has 0 unspecified atom stereocenters. The van der Waals surface area contributed by atoms with Crippen LogP contribution in [0.2, 0.25) is 0 Å². The average Bonchev–Trinajstić information content (AvgIpc) is 2.68. The summed E-state index contributed by atoms with van der Waals surface area (Å²) in [7, 11) is 0. The Hall–Kier alpha value is -2.22. The van der Waals surface area contributed by atoms with E-state index in [1.54, 1.807) is 0 Å². The number of aromatic nitrogens is 2. The van der Waals surface area contributed by atoms with Crippen molar-refractivity contribution in [2.45, 2.75) is 0 Å². The van der Waals surface area contributed by atoms with Crippen LogP contribution in [0.5, 0.6) is 0 Å². The second-order valence-corrected chi connectivity index (χ2v) is 4.03. The number of fused-ring (bicyclic) bond motifs is 3. The summed E-state index contributed by atoms with van der Waals surface area (Å²) in [6, 6.07) is 12.8. The molecule has 0 aliphatic heterocycles. The van der Waals surface area contributed by atoms with Gasteiger partial charge in [0, 0.05) is 11.1 Å². The van der Waals surface area contributed by atoms with Crippen molar-refractivity contribution in [3.05, 3.63) is 48.8 Å². The van der Waals surface area contributed by atoms with Crippen molar-refractivity contribution >= 4 is 10.8 Å². The third-order valence-corrected chi connectivity index (χ3v) is 3.22. The third-order valence-electron chi connectivity index (χ3n) is 3.22. The third kappa shape index (κ3) is 0.823. The molecule has 0 bridgehead atoms. The highest BCUT2D eigenvalue weighted by Gasteiger charge is 2.20. The van der Waals surface area contributed by atoms with Gasteiger partial charge in [-0.05, 0) is 21.9 Å². The van der Waals surface area contributed by atoms with Crippen molar-refractivity contribution in [2.24, 2.45) is 0 Å². The van der Waals surface area contributed by atoms with Crippen molar-refractivity contribution in [3.8, 4) is 22.3 Å². The van der Waals surface area contributed by atoms with E-state index in [0.29, 0.717) is 0 Å². The Morgan fingerprint density at radius 2 is 1.19 bits per heavy atom. The van der Waals surface area contributed by atoms with Crippen LogP contribution in [0.15, 0.2) is 48.8 Å². The van der Waals surface area contributed by atoms with Crippen LogP contribution >= 0.6 is 0 Å².